The van der Waals surface area contributed by atoms with Crippen LogP contribution < -0.4 is 15.4 Å². The number of halogens is 2. The number of hydrogen-bond donors (Lipinski definition) is 2. The fourth-order valence-electron chi connectivity index (χ4n) is 2.78. The van der Waals surface area contributed by atoms with Gasteiger partial charge < -0.3 is 15.4 Å². The van der Waals surface area contributed by atoms with Crippen molar-refractivity contribution < 1.29 is 14.3 Å². The quantitative estimate of drug-likeness (QED) is 0.327. The number of ether oxygens (including phenoxy) is 1. The van der Waals surface area contributed by atoms with E-state index in [9.17, 15) is 14.9 Å². The van der Waals surface area contributed by atoms with Crippen LogP contribution >= 0.6 is 23.2 Å². The molecule has 0 bridgehead atoms. The summed E-state index contributed by atoms with van der Waals surface area (Å²) in [7, 11) is 0. The lowest BCUT2D eigenvalue weighted by atomic mass is 10.1. The molecule has 2 N–H and O–H groups in total. The van der Waals surface area contributed by atoms with Crippen LogP contribution in [0.25, 0.3) is 6.08 Å². The van der Waals surface area contributed by atoms with Crippen molar-refractivity contribution >= 4 is 52.5 Å². The van der Waals surface area contributed by atoms with Gasteiger partial charge in [-0.05, 0) is 60.5 Å². The van der Waals surface area contributed by atoms with Crippen molar-refractivity contribution in [3.05, 3.63) is 93.5 Å². The Morgan fingerprint density at radius 2 is 1.79 bits per heavy atom. The summed E-state index contributed by atoms with van der Waals surface area (Å²) < 4.78 is 5.55. The lowest BCUT2D eigenvalue weighted by molar-refractivity contribution is -0.118. The van der Waals surface area contributed by atoms with E-state index in [2.05, 4.69) is 10.6 Å². The van der Waals surface area contributed by atoms with Gasteiger partial charge in [0.1, 0.15) is 17.4 Å². The van der Waals surface area contributed by atoms with Crippen LogP contribution in [0.2, 0.25) is 10.0 Å². The SMILES string of the molecule is Cc1ccc(NC(=O)COc2cccc(/C=C(\C#N)C(=O)Nc3ccccc3Cl)c2)cc1Cl. The van der Waals surface area contributed by atoms with Crippen molar-refractivity contribution in [1.29, 1.82) is 5.26 Å². The maximum atomic E-state index is 12.5. The molecule has 33 heavy (non-hydrogen) atoms. The molecule has 0 aliphatic heterocycles. The summed E-state index contributed by atoms with van der Waals surface area (Å²) in [5.41, 5.74) is 2.33. The second kappa shape index (κ2) is 11.2. The molecule has 3 aromatic carbocycles. The number of benzene rings is 3. The lowest BCUT2D eigenvalue weighted by Gasteiger charge is -2.09. The number of anilines is 2. The van der Waals surface area contributed by atoms with E-state index < -0.39 is 5.91 Å². The number of aryl methyl sites for hydroxylation is 1. The Labute approximate surface area is 201 Å². The molecule has 3 rings (SSSR count). The molecule has 3 aromatic rings. The predicted octanol–water partition coefficient (Wildman–Crippen LogP) is 5.87. The Hall–Kier alpha value is -3.79. The summed E-state index contributed by atoms with van der Waals surface area (Å²) in [6, 6.07) is 20.5. The molecule has 2 amide bonds. The van der Waals surface area contributed by atoms with Gasteiger partial charge in [0.25, 0.3) is 11.8 Å². The molecular weight excluding hydrogens is 461 g/mol. The Kier molecular flexibility index (Phi) is 8.09. The second-order valence-corrected chi connectivity index (χ2v) is 7.79. The third-order valence-corrected chi connectivity index (χ3v) is 5.22. The number of carbonyl (C=O) groups excluding carboxylic acids is 2. The maximum Gasteiger partial charge on any atom is 0.266 e. The Morgan fingerprint density at radius 1 is 1.00 bits per heavy atom. The highest BCUT2D eigenvalue weighted by Crippen LogP contribution is 2.22. The van der Waals surface area contributed by atoms with Gasteiger partial charge >= 0.3 is 0 Å². The molecule has 0 unspecified atom stereocenters. The molecule has 0 aliphatic carbocycles. The van der Waals surface area contributed by atoms with E-state index in [1.54, 1.807) is 60.7 Å². The van der Waals surface area contributed by atoms with Gasteiger partial charge in [0.2, 0.25) is 0 Å². The molecule has 0 saturated heterocycles. The lowest BCUT2D eigenvalue weighted by Crippen LogP contribution is -2.20. The van der Waals surface area contributed by atoms with E-state index in [4.69, 9.17) is 27.9 Å². The first-order valence-corrected chi connectivity index (χ1v) is 10.6. The summed E-state index contributed by atoms with van der Waals surface area (Å²) in [5.74, 6) is -0.537. The summed E-state index contributed by atoms with van der Waals surface area (Å²) in [5, 5.41) is 15.7. The monoisotopic (exact) mass is 479 g/mol. The maximum absolute atomic E-state index is 12.5. The average Bonchev–Trinajstić information content (AvgIpc) is 2.80. The van der Waals surface area contributed by atoms with Crippen LogP contribution in [0.3, 0.4) is 0 Å². The van der Waals surface area contributed by atoms with Gasteiger partial charge in [0.05, 0.1) is 10.7 Å². The van der Waals surface area contributed by atoms with Gasteiger partial charge in [0, 0.05) is 10.7 Å². The van der Waals surface area contributed by atoms with Gasteiger partial charge in [-0.1, -0.05) is 53.5 Å². The Balaban J connectivity index is 1.64. The third-order valence-electron chi connectivity index (χ3n) is 4.48. The largest absolute Gasteiger partial charge is 0.484 e. The van der Waals surface area contributed by atoms with Gasteiger partial charge in [-0.25, -0.2) is 0 Å². The molecule has 0 heterocycles. The molecule has 0 saturated carbocycles. The molecule has 8 heteroatoms. The fraction of sp³-hybridized carbons (Fsp3) is 0.0800. The van der Waals surface area contributed by atoms with E-state index in [0.717, 1.165) is 5.56 Å². The number of carbonyl (C=O) groups is 2. The van der Waals surface area contributed by atoms with Crippen LogP contribution in [0.1, 0.15) is 11.1 Å². The Bertz CT molecular complexity index is 1270. The second-order valence-electron chi connectivity index (χ2n) is 6.98. The molecule has 0 aromatic heterocycles. The molecule has 166 valence electrons. The minimum atomic E-state index is -0.590. The summed E-state index contributed by atoms with van der Waals surface area (Å²) >= 11 is 12.1. The van der Waals surface area contributed by atoms with Crippen molar-refractivity contribution in [3.8, 4) is 11.8 Å². The van der Waals surface area contributed by atoms with Crippen LogP contribution in [-0.2, 0) is 9.59 Å². The summed E-state index contributed by atoms with van der Waals surface area (Å²) in [6.07, 6.45) is 1.42. The topological polar surface area (TPSA) is 91.2 Å². The molecular formula is C25H19Cl2N3O3. The molecule has 6 nitrogen and oxygen atoms in total. The van der Waals surface area contributed by atoms with E-state index >= 15 is 0 Å². The zero-order valence-corrected chi connectivity index (χ0v) is 19.1. The van der Waals surface area contributed by atoms with E-state index in [1.165, 1.54) is 6.08 Å². The summed E-state index contributed by atoms with van der Waals surface area (Å²) in [4.78, 5) is 24.6. The smallest absolute Gasteiger partial charge is 0.266 e. The third kappa shape index (κ3) is 6.84. The minimum absolute atomic E-state index is 0.110. The van der Waals surface area contributed by atoms with E-state index in [-0.39, 0.29) is 18.1 Å². The predicted molar refractivity (Wildman–Crippen MR) is 130 cm³/mol. The van der Waals surface area contributed by atoms with Crippen molar-refractivity contribution in [1.82, 2.24) is 0 Å². The molecule has 0 spiro atoms. The van der Waals surface area contributed by atoms with Crippen LogP contribution in [-0.4, -0.2) is 18.4 Å². The van der Waals surface area contributed by atoms with Crippen molar-refractivity contribution in [3.63, 3.8) is 0 Å². The molecule has 0 aliphatic rings. The van der Waals surface area contributed by atoms with Gasteiger partial charge in [0.15, 0.2) is 6.61 Å². The molecule has 0 radical (unpaired) electrons. The van der Waals surface area contributed by atoms with Crippen molar-refractivity contribution in [2.75, 3.05) is 17.2 Å². The van der Waals surface area contributed by atoms with Crippen LogP contribution in [0.15, 0.2) is 72.3 Å². The number of nitrogens with zero attached hydrogens (tertiary/aromatic N) is 1. The normalized spacial score (nSPS) is 10.8. The molecule has 0 atom stereocenters. The first-order chi connectivity index (χ1) is 15.9. The van der Waals surface area contributed by atoms with E-state index in [0.29, 0.717) is 32.7 Å². The average molecular weight is 480 g/mol. The number of para-hydroxylation sites is 1. The minimum Gasteiger partial charge on any atom is -0.484 e. The van der Waals surface area contributed by atoms with Crippen molar-refractivity contribution in [2.45, 2.75) is 6.92 Å². The van der Waals surface area contributed by atoms with Crippen LogP contribution in [0, 0.1) is 18.3 Å². The zero-order chi connectivity index (χ0) is 23.8. The van der Waals surface area contributed by atoms with Gasteiger partial charge in [-0.2, -0.15) is 5.26 Å². The number of nitrogens with one attached hydrogen (secondary N) is 2. The van der Waals surface area contributed by atoms with E-state index in [1.807, 2.05) is 19.1 Å². The Morgan fingerprint density at radius 3 is 2.52 bits per heavy atom. The highest BCUT2D eigenvalue weighted by atomic mass is 35.5. The van der Waals surface area contributed by atoms with Gasteiger partial charge in [-0.3, -0.25) is 9.59 Å². The number of hydrogen-bond acceptors (Lipinski definition) is 4. The molecule has 0 fully saturated rings. The summed E-state index contributed by atoms with van der Waals surface area (Å²) in [6.45, 7) is 1.65. The highest BCUT2D eigenvalue weighted by Gasteiger charge is 2.12. The first-order valence-electron chi connectivity index (χ1n) is 9.82. The number of rotatable bonds is 7. The van der Waals surface area contributed by atoms with Crippen molar-refractivity contribution in [2.24, 2.45) is 0 Å². The standard InChI is InChI=1S/C25H19Cl2N3O3/c1-16-9-10-19(13-22(16)27)29-24(31)15-33-20-6-4-5-17(12-20)11-18(14-28)25(32)30-23-8-3-2-7-21(23)26/h2-13H,15H2,1H3,(H,29,31)(H,30,32)/b18-11+. The van der Waals surface area contributed by atoms with Crippen LogP contribution in [0.5, 0.6) is 5.75 Å². The number of amides is 2. The van der Waals surface area contributed by atoms with Gasteiger partial charge in [-0.15, -0.1) is 0 Å². The zero-order valence-electron chi connectivity index (χ0n) is 17.6. The fourth-order valence-corrected chi connectivity index (χ4v) is 3.14. The van der Waals surface area contributed by atoms with Crippen LogP contribution in [0.4, 0.5) is 11.4 Å². The first kappa shape index (κ1) is 23.9. The highest BCUT2D eigenvalue weighted by molar-refractivity contribution is 6.34. The number of nitriles is 1.